The molecule has 3 aromatic carbocycles. The van der Waals surface area contributed by atoms with Gasteiger partial charge in [0, 0.05) is 28.7 Å². The lowest BCUT2D eigenvalue weighted by Gasteiger charge is -2.16. The molecule has 1 aliphatic carbocycles. The second kappa shape index (κ2) is 10.6. The number of nitrogens with one attached hydrogen (secondary N) is 3. The van der Waals surface area contributed by atoms with Crippen LogP contribution in [0.2, 0.25) is 0 Å². The first-order valence-electron chi connectivity index (χ1n) is 10.5. The van der Waals surface area contributed by atoms with Gasteiger partial charge in [0.1, 0.15) is 12.4 Å². The maximum absolute atomic E-state index is 8.40. The Labute approximate surface area is 194 Å². The van der Waals surface area contributed by atoms with E-state index in [1.807, 2.05) is 78.9 Å². The second-order valence-electron chi connectivity index (χ2n) is 7.54. The summed E-state index contributed by atoms with van der Waals surface area (Å²) in [5, 5.41) is 14.7. The summed E-state index contributed by atoms with van der Waals surface area (Å²) < 4.78 is 5.89. The number of benzene rings is 3. The predicted molar refractivity (Wildman–Crippen MR) is 137 cm³/mol. The number of para-hydroxylation sites is 1. The lowest BCUT2D eigenvalue weighted by molar-refractivity contribution is 0.306. The van der Waals surface area contributed by atoms with Gasteiger partial charge in [0.15, 0.2) is 5.96 Å². The molecule has 0 heterocycles. The summed E-state index contributed by atoms with van der Waals surface area (Å²) in [4.78, 5) is 0.959. The van der Waals surface area contributed by atoms with E-state index < -0.39 is 0 Å². The van der Waals surface area contributed by atoms with E-state index in [-0.39, 0.29) is 5.96 Å². The van der Waals surface area contributed by atoms with Gasteiger partial charge in [-0.25, -0.2) is 0 Å². The molecule has 0 amide bonds. The summed E-state index contributed by atoms with van der Waals surface area (Å²) in [6.07, 6.45) is 7.85. The van der Waals surface area contributed by atoms with Crippen molar-refractivity contribution in [3.8, 4) is 5.75 Å². The summed E-state index contributed by atoms with van der Waals surface area (Å²) in [5.74, 6) is 0.952. The third-order valence-corrected chi connectivity index (χ3v) is 5.37. The van der Waals surface area contributed by atoms with Gasteiger partial charge in [-0.1, -0.05) is 79.0 Å². The molecular formula is C27H25N3OS. The van der Waals surface area contributed by atoms with Gasteiger partial charge in [-0.3, -0.25) is 5.41 Å². The first kappa shape index (κ1) is 21.5. The van der Waals surface area contributed by atoms with E-state index >= 15 is 0 Å². The highest BCUT2D eigenvalue weighted by Crippen LogP contribution is 2.23. The summed E-state index contributed by atoms with van der Waals surface area (Å²) in [7, 11) is 0. The molecule has 0 bridgehead atoms. The Hall–Kier alpha value is -3.70. The van der Waals surface area contributed by atoms with Crippen LogP contribution in [0.15, 0.2) is 103 Å². The molecule has 160 valence electrons. The Morgan fingerprint density at radius 3 is 2.53 bits per heavy atom. The van der Waals surface area contributed by atoms with E-state index in [9.17, 15) is 0 Å². The van der Waals surface area contributed by atoms with Gasteiger partial charge in [0.25, 0.3) is 0 Å². The van der Waals surface area contributed by atoms with Gasteiger partial charge < -0.3 is 15.4 Å². The first-order valence-corrected chi connectivity index (χ1v) is 10.9. The van der Waals surface area contributed by atoms with E-state index in [0.29, 0.717) is 6.61 Å². The van der Waals surface area contributed by atoms with Crippen LogP contribution in [-0.2, 0) is 13.0 Å². The average molecular weight is 440 g/mol. The molecule has 0 fully saturated rings. The van der Waals surface area contributed by atoms with Gasteiger partial charge in [-0.15, -0.1) is 0 Å². The van der Waals surface area contributed by atoms with Gasteiger partial charge in [0.2, 0.25) is 0 Å². The Bertz CT molecular complexity index is 1170. The zero-order valence-electron chi connectivity index (χ0n) is 17.7. The van der Waals surface area contributed by atoms with Crippen molar-refractivity contribution in [3.05, 3.63) is 114 Å². The highest BCUT2D eigenvalue weighted by atomic mass is 32.1. The molecule has 0 atom stereocenters. The third-order valence-electron chi connectivity index (χ3n) is 5.07. The molecule has 0 saturated heterocycles. The summed E-state index contributed by atoms with van der Waals surface area (Å²) in [5.41, 5.74) is 5.17. The summed E-state index contributed by atoms with van der Waals surface area (Å²) >= 11 is 5.23. The Morgan fingerprint density at radius 1 is 0.906 bits per heavy atom. The lowest BCUT2D eigenvalue weighted by Crippen LogP contribution is -2.21. The van der Waals surface area contributed by atoms with Crippen molar-refractivity contribution in [2.75, 3.05) is 10.6 Å². The monoisotopic (exact) mass is 439 g/mol. The average Bonchev–Trinajstić information content (AvgIpc) is 2.81. The Balaban J connectivity index is 1.37. The molecule has 1 aliphatic rings. The minimum atomic E-state index is 0.201. The number of anilines is 2. The molecule has 0 spiro atoms. The molecule has 32 heavy (non-hydrogen) atoms. The van der Waals surface area contributed by atoms with Crippen molar-refractivity contribution in [2.45, 2.75) is 19.4 Å². The number of thiocarbonyl (C=S) groups is 1. The van der Waals surface area contributed by atoms with E-state index in [1.165, 1.54) is 5.57 Å². The fourth-order valence-corrected chi connectivity index (χ4v) is 3.58. The largest absolute Gasteiger partial charge is 0.489 e. The maximum Gasteiger partial charge on any atom is 0.197 e. The van der Waals surface area contributed by atoms with E-state index in [4.69, 9.17) is 22.4 Å². The molecule has 0 radical (unpaired) electrons. The zero-order valence-corrected chi connectivity index (χ0v) is 18.5. The van der Waals surface area contributed by atoms with Gasteiger partial charge in [0.05, 0.1) is 0 Å². The minimum Gasteiger partial charge on any atom is -0.489 e. The molecular weight excluding hydrogens is 414 g/mol. The molecule has 0 unspecified atom stereocenters. The first-order chi connectivity index (χ1) is 15.7. The standard InChI is InChI=1S/C27H25N3OS/c28-27(29-23-10-6-11-24(18-23)31-19-21-7-2-1-3-8-21)30-26-12-5-4-9-22(26)17-20-13-15-25(32)16-14-20/h1-15,18H,16-17,19H2,(H3,28,29,30). The van der Waals surface area contributed by atoms with Crippen LogP contribution < -0.4 is 15.4 Å². The SMILES string of the molecule is N=C(Nc1cccc(OCc2ccccc2)c1)Nc1ccccc1CC1=CCC(=S)C=C1. The molecule has 0 saturated carbocycles. The van der Waals surface area contributed by atoms with Gasteiger partial charge >= 0.3 is 0 Å². The zero-order chi connectivity index (χ0) is 22.2. The smallest absolute Gasteiger partial charge is 0.197 e. The van der Waals surface area contributed by atoms with Gasteiger partial charge in [-0.05, 0) is 47.4 Å². The summed E-state index contributed by atoms with van der Waals surface area (Å²) in [6, 6.07) is 25.7. The molecule has 3 N–H and O–H groups in total. The van der Waals surface area contributed by atoms with Crippen LogP contribution >= 0.6 is 12.2 Å². The normalized spacial score (nSPS) is 12.8. The van der Waals surface area contributed by atoms with Crippen LogP contribution in [0.25, 0.3) is 0 Å². The fraction of sp³-hybridized carbons (Fsp3) is 0.111. The lowest BCUT2D eigenvalue weighted by atomic mass is 9.98. The highest BCUT2D eigenvalue weighted by Gasteiger charge is 2.08. The second-order valence-corrected chi connectivity index (χ2v) is 8.07. The number of rotatable bonds is 7. The number of guanidine groups is 1. The molecule has 0 aromatic heterocycles. The van der Waals surface area contributed by atoms with Crippen molar-refractivity contribution in [1.29, 1.82) is 5.41 Å². The topological polar surface area (TPSA) is 57.1 Å². The van der Waals surface area contributed by atoms with Crippen molar-refractivity contribution < 1.29 is 4.74 Å². The van der Waals surface area contributed by atoms with Crippen LogP contribution in [0, 0.1) is 5.41 Å². The molecule has 4 rings (SSSR count). The van der Waals surface area contributed by atoms with E-state index in [2.05, 4.69) is 28.9 Å². The molecule has 5 heteroatoms. The number of hydrogen-bond acceptors (Lipinski definition) is 3. The van der Waals surface area contributed by atoms with Crippen LogP contribution in [0.3, 0.4) is 0 Å². The van der Waals surface area contributed by atoms with Gasteiger partial charge in [-0.2, -0.15) is 0 Å². The van der Waals surface area contributed by atoms with Crippen molar-refractivity contribution in [2.24, 2.45) is 0 Å². The van der Waals surface area contributed by atoms with Crippen molar-refractivity contribution in [1.82, 2.24) is 0 Å². The highest BCUT2D eigenvalue weighted by molar-refractivity contribution is 7.80. The number of ether oxygens (including phenoxy) is 1. The quantitative estimate of drug-likeness (QED) is 0.223. The van der Waals surface area contributed by atoms with E-state index in [0.717, 1.165) is 46.0 Å². The number of hydrogen-bond donors (Lipinski definition) is 3. The van der Waals surface area contributed by atoms with Crippen LogP contribution in [0.4, 0.5) is 11.4 Å². The predicted octanol–water partition coefficient (Wildman–Crippen LogP) is 6.52. The Morgan fingerprint density at radius 2 is 1.72 bits per heavy atom. The molecule has 3 aromatic rings. The summed E-state index contributed by atoms with van der Waals surface area (Å²) in [6.45, 7) is 0.502. The maximum atomic E-state index is 8.40. The van der Waals surface area contributed by atoms with E-state index in [1.54, 1.807) is 0 Å². The third kappa shape index (κ3) is 6.15. The minimum absolute atomic E-state index is 0.201. The fourth-order valence-electron chi connectivity index (χ4n) is 3.43. The van der Waals surface area contributed by atoms with Crippen LogP contribution in [0.5, 0.6) is 5.75 Å². The van der Waals surface area contributed by atoms with Crippen molar-refractivity contribution in [3.63, 3.8) is 0 Å². The molecule has 0 aliphatic heterocycles. The van der Waals surface area contributed by atoms with Crippen molar-refractivity contribution >= 4 is 34.4 Å². The molecule has 4 nitrogen and oxygen atoms in total. The van der Waals surface area contributed by atoms with Crippen LogP contribution in [-0.4, -0.2) is 10.8 Å². The number of allylic oxidation sites excluding steroid dienone is 4. The Kier molecular flexibility index (Phi) is 7.10. The van der Waals surface area contributed by atoms with Crippen LogP contribution in [0.1, 0.15) is 17.5 Å².